The maximum absolute atomic E-state index is 12.1. The smallest absolute Gasteiger partial charge is 0.265 e. The van der Waals surface area contributed by atoms with E-state index in [1.165, 1.54) is 0 Å². The van der Waals surface area contributed by atoms with Gasteiger partial charge in [0.2, 0.25) is 0 Å². The van der Waals surface area contributed by atoms with Crippen molar-refractivity contribution in [3.8, 4) is 0 Å². The lowest BCUT2D eigenvalue weighted by Crippen LogP contribution is -2.37. The maximum Gasteiger partial charge on any atom is 0.265 e. The molecule has 100 valence electrons. The van der Waals surface area contributed by atoms with Gasteiger partial charge >= 0.3 is 0 Å². The highest BCUT2D eigenvalue weighted by Crippen LogP contribution is 2.19. The van der Waals surface area contributed by atoms with Crippen LogP contribution in [0, 0.1) is 0 Å². The van der Waals surface area contributed by atoms with Gasteiger partial charge in [0.25, 0.3) is 5.91 Å². The van der Waals surface area contributed by atoms with E-state index < -0.39 is 0 Å². The number of nitrogens with two attached hydrogens (primary N) is 1. The third-order valence-corrected chi connectivity index (χ3v) is 3.45. The van der Waals surface area contributed by atoms with Crippen LogP contribution in [-0.4, -0.2) is 26.5 Å². The number of hydrogen-bond acceptors (Lipinski definition) is 5. The Balaban J connectivity index is 2.74. The van der Waals surface area contributed by atoms with Crippen LogP contribution in [-0.2, 0) is 0 Å². The molecular formula is C11H18N4OS2. The van der Waals surface area contributed by atoms with Gasteiger partial charge in [-0.3, -0.25) is 4.79 Å². The van der Waals surface area contributed by atoms with Gasteiger partial charge in [0, 0.05) is 12.5 Å². The van der Waals surface area contributed by atoms with E-state index in [4.69, 9.17) is 18.0 Å². The summed E-state index contributed by atoms with van der Waals surface area (Å²) < 4.78 is 3.84. The number of carbonyl (C=O) groups excluding carboxylic acids is 1. The number of amides is 1. The van der Waals surface area contributed by atoms with Crippen LogP contribution in [0.15, 0.2) is 0 Å². The predicted molar refractivity (Wildman–Crippen MR) is 76.9 cm³/mol. The van der Waals surface area contributed by atoms with Gasteiger partial charge in [0.05, 0.1) is 10.7 Å². The SMILES string of the molecule is CCC(CC(N)=S)NC(=O)c1snnc1C(C)C. The van der Waals surface area contributed by atoms with Crippen LogP contribution in [0.25, 0.3) is 0 Å². The van der Waals surface area contributed by atoms with Crippen LogP contribution in [0.1, 0.15) is 54.9 Å². The fraction of sp³-hybridized carbons (Fsp3) is 0.636. The lowest BCUT2D eigenvalue weighted by atomic mass is 10.1. The van der Waals surface area contributed by atoms with E-state index in [9.17, 15) is 4.79 Å². The Bertz CT molecular complexity index is 430. The largest absolute Gasteiger partial charge is 0.393 e. The molecule has 18 heavy (non-hydrogen) atoms. The van der Waals surface area contributed by atoms with Crippen molar-refractivity contribution >= 4 is 34.6 Å². The highest BCUT2D eigenvalue weighted by Gasteiger charge is 2.20. The van der Waals surface area contributed by atoms with E-state index >= 15 is 0 Å². The number of nitrogens with zero attached hydrogens (tertiary/aromatic N) is 2. The van der Waals surface area contributed by atoms with Gasteiger partial charge in [-0.25, -0.2) is 0 Å². The second-order valence-electron chi connectivity index (χ2n) is 4.39. The normalized spacial score (nSPS) is 12.4. The average Bonchev–Trinajstić information content (AvgIpc) is 2.76. The van der Waals surface area contributed by atoms with Crippen molar-refractivity contribution in [2.75, 3.05) is 0 Å². The zero-order chi connectivity index (χ0) is 13.7. The molecule has 0 aliphatic heterocycles. The minimum atomic E-state index is -0.142. The van der Waals surface area contributed by atoms with Crippen LogP contribution < -0.4 is 11.1 Å². The minimum Gasteiger partial charge on any atom is -0.393 e. The molecule has 1 heterocycles. The number of aromatic nitrogens is 2. The van der Waals surface area contributed by atoms with E-state index in [0.717, 1.165) is 23.6 Å². The number of hydrogen-bond donors (Lipinski definition) is 2. The number of carbonyl (C=O) groups is 1. The molecule has 7 heteroatoms. The molecule has 1 aromatic heterocycles. The summed E-state index contributed by atoms with van der Waals surface area (Å²) >= 11 is 5.98. The minimum absolute atomic E-state index is 0.0305. The summed E-state index contributed by atoms with van der Waals surface area (Å²) in [6.07, 6.45) is 1.30. The first-order valence-corrected chi connectivity index (χ1v) is 7.05. The Kier molecular flexibility index (Phi) is 5.61. The van der Waals surface area contributed by atoms with Gasteiger partial charge in [-0.1, -0.05) is 37.5 Å². The second kappa shape index (κ2) is 6.75. The molecule has 0 aliphatic carbocycles. The van der Waals surface area contributed by atoms with Crippen molar-refractivity contribution in [1.29, 1.82) is 0 Å². The van der Waals surface area contributed by atoms with Crippen molar-refractivity contribution in [3.63, 3.8) is 0 Å². The summed E-state index contributed by atoms with van der Waals surface area (Å²) in [5.74, 6) is 0.0389. The van der Waals surface area contributed by atoms with Crippen molar-refractivity contribution in [2.24, 2.45) is 5.73 Å². The summed E-state index contributed by atoms with van der Waals surface area (Å²) in [6, 6.07) is -0.0305. The summed E-state index contributed by atoms with van der Waals surface area (Å²) in [6.45, 7) is 5.96. The molecule has 1 rings (SSSR count). The molecule has 1 aromatic rings. The summed E-state index contributed by atoms with van der Waals surface area (Å²) in [7, 11) is 0. The van der Waals surface area contributed by atoms with Crippen molar-refractivity contribution in [1.82, 2.24) is 14.9 Å². The van der Waals surface area contributed by atoms with Crippen molar-refractivity contribution < 1.29 is 4.79 Å². The first-order chi connectivity index (χ1) is 8.45. The summed E-state index contributed by atoms with van der Waals surface area (Å²) in [5.41, 5.74) is 6.24. The Hall–Kier alpha value is -1.08. The molecule has 0 saturated carbocycles. The molecule has 0 saturated heterocycles. The molecule has 0 radical (unpaired) electrons. The molecule has 3 N–H and O–H groups in total. The molecular weight excluding hydrogens is 268 g/mol. The summed E-state index contributed by atoms with van der Waals surface area (Å²) in [4.78, 5) is 13.1. The van der Waals surface area contributed by atoms with Crippen LogP contribution >= 0.6 is 23.8 Å². The number of nitrogens with one attached hydrogen (secondary N) is 1. The Morgan fingerprint density at radius 1 is 1.56 bits per heavy atom. The maximum atomic E-state index is 12.1. The van der Waals surface area contributed by atoms with Gasteiger partial charge in [-0.2, -0.15) is 0 Å². The topological polar surface area (TPSA) is 80.9 Å². The van der Waals surface area contributed by atoms with Gasteiger partial charge in [-0.05, 0) is 23.9 Å². The van der Waals surface area contributed by atoms with Gasteiger partial charge in [0.15, 0.2) is 0 Å². The van der Waals surface area contributed by atoms with Crippen molar-refractivity contribution in [2.45, 2.75) is 45.6 Å². The molecule has 0 bridgehead atoms. The van der Waals surface area contributed by atoms with Crippen LogP contribution in [0.2, 0.25) is 0 Å². The van der Waals surface area contributed by atoms with E-state index in [2.05, 4.69) is 14.9 Å². The summed E-state index contributed by atoms with van der Waals surface area (Å²) in [5, 5.41) is 6.91. The molecule has 0 fully saturated rings. The standard InChI is InChI=1S/C11H18N4OS2/c1-4-7(5-8(12)17)13-11(16)10-9(6(2)3)14-15-18-10/h6-7H,4-5H2,1-3H3,(H2,12,17)(H,13,16). The molecule has 0 spiro atoms. The quantitative estimate of drug-likeness (QED) is 0.780. The van der Waals surface area contributed by atoms with E-state index in [0.29, 0.717) is 16.3 Å². The molecule has 0 aromatic carbocycles. The molecule has 1 amide bonds. The van der Waals surface area contributed by atoms with E-state index in [1.807, 2.05) is 20.8 Å². The van der Waals surface area contributed by atoms with Gasteiger partial charge in [0.1, 0.15) is 4.88 Å². The Labute approximate surface area is 116 Å². The van der Waals surface area contributed by atoms with Crippen LogP contribution in [0.4, 0.5) is 0 Å². The first-order valence-electron chi connectivity index (χ1n) is 5.87. The van der Waals surface area contributed by atoms with Crippen LogP contribution in [0.5, 0.6) is 0 Å². The lowest BCUT2D eigenvalue weighted by Gasteiger charge is -2.16. The van der Waals surface area contributed by atoms with Gasteiger partial charge < -0.3 is 11.1 Å². The second-order valence-corrected chi connectivity index (χ2v) is 5.67. The zero-order valence-corrected chi connectivity index (χ0v) is 12.4. The van der Waals surface area contributed by atoms with Crippen molar-refractivity contribution in [3.05, 3.63) is 10.6 Å². The number of thiocarbonyl (C=S) groups is 1. The third-order valence-electron chi connectivity index (χ3n) is 2.54. The predicted octanol–water partition coefficient (Wildman–Crippen LogP) is 1.85. The molecule has 0 aliphatic rings. The molecule has 1 atom stereocenters. The fourth-order valence-corrected chi connectivity index (χ4v) is 2.45. The number of rotatable bonds is 6. The molecule has 1 unspecified atom stereocenters. The Morgan fingerprint density at radius 3 is 2.72 bits per heavy atom. The Morgan fingerprint density at radius 2 is 2.22 bits per heavy atom. The molecule has 5 nitrogen and oxygen atoms in total. The third kappa shape index (κ3) is 3.99. The van der Waals surface area contributed by atoms with E-state index in [1.54, 1.807) is 0 Å². The van der Waals surface area contributed by atoms with Crippen LogP contribution in [0.3, 0.4) is 0 Å². The zero-order valence-electron chi connectivity index (χ0n) is 10.8. The highest BCUT2D eigenvalue weighted by atomic mass is 32.1. The van der Waals surface area contributed by atoms with E-state index in [-0.39, 0.29) is 17.9 Å². The van der Waals surface area contributed by atoms with Gasteiger partial charge in [-0.15, -0.1) is 5.10 Å². The monoisotopic (exact) mass is 286 g/mol. The first kappa shape index (κ1) is 15.0. The lowest BCUT2D eigenvalue weighted by molar-refractivity contribution is 0.0940. The highest BCUT2D eigenvalue weighted by molar-refractivity contribution is 7.80. The average molecular weight is 286 g/mol. The fourth-order valence-electron chi connectivity index (χ4n) is 1.52.